The Hall–Kier alpha value is -2.95. The molecular weight excluding hydrogens is 254 g/mol. The summed E-state index contributed by atoms with van der Waals surface area (Å²) in [6.07, 6.45) is 1.47. The maximum absolute atomic E-state index is 11.6. The van der Waals surface area contributed by atoms with Gasteiger partial charge in [-0.2, -0.15) is 5.10 Å². The van der Waals surface area contributed by atoms with Crippen molar-refractivity contribution >= 4 is 23.7 Å². The molecule has 0 aliphatic rings. The van der Waals surface area contributed by atoms with E-state index >= 15 is 0 Å². The van der Waals surface area contributed by atoms with Crippen LogP contribution >= 0.6 is 0 Å². The molecule has 5 nitrogen and oxygen atoms in total. The van der Waals surface area contributed by atoms with Crippen molar-refractivity contribution in [3.63, 3.8) is 0 Å². The lowest BCUT2D eigenvalue weighted by molar-refractivity contribution is -0.136. The van der Waals surface area contributed by atoms with E-state index in [0.717, 1.165) is 5.56 Å². The van der Waals surface area contributed by atoms with Crippen LogP contribution in [0, 0.1) is 0 Å². The van der Waals surface area contributed by atoms with Crippen molar-refractivity contribution in [1.82, 2.24) is 5.43 Å². The topological polar surface area (TPSA) is 70.6 Å². The lowest BCUT2D eigenvalue weighted by Gasteiger charge is -2.02. The van der Waals surface area contributed by atoms with Gasteiger partial charge in [0.25, 0.3) is 0 Å². The van der Waals surface area contributed by atoms with Crippen LogP contribution in [0.1, 0.15) is 5.56 Å². The number of carbonyl (C=O) groups excluding carboxylic acids is 2. The largest absolute Gasteiger partial charge is 0.329 e. The quantitative estimate of drug-likeness (QED) is 0.505. The number of hydrogen-bond donors (Lipinski definition) is 2. The van der Waals surface area contributed by atoms with Gasteiger partial charge in [0.1, 0.15) is 0 Å². The van der Waals surface area contributed by atoms with Gasteiger partial charge in [-0.25, -0.2) is 5.43 Å². The molecule has 5 heteroatoms. The van der Waals surface area contributed by atoms with Gasteiger partial charge >= 0.3 is 11.8 Å². The normalized spacial score (nSPS) is 10.2. The summed E-state index contributed by atoms with van der Waals surface area (Å²) in [5, 5.41) is 6.18. The van der Waals surface area contributed by atoms with E-state index in [4.69, 9.17) is 0 Å². The Morgan fingerprint density at radius 1 is 0.850 bits per heavy atom. The standard InChI is InChI=1S/C15H13N3O2/c19-14(17-13-9-5-2-6-10-13)15(20)18-16-11-12-7-3-1-4-8-12/h1-11H,(H,17,19)(H,18,20)/b16-11-. The molecule has 0 heterocycles. The van der Waals surface area contributed by atoms with Gasteiger partial charge in [-0.1, -0.05) is 48.5 Å². The average molecular weight is 267 g/mol. The number of anilines is 1. The Kier molecular flexibility index (Phi) is 4.61. The van der Waals surface area contributed by atoms with E-state index < -0.39 is 11.8 Å². The van der Waals surface area contributed by atoms with E-state index in [2.05, 4.69) is 15.8 Å². The summed E-state index contributed by atoms with van der Waals surface area (Å²) in [5.74, 6) is -1.58. The number of carbonyl (C=O) groups is 2. The van der Waals surface area contributed by atoms with E-state index in [1.54, 1.807) is 24.3 Å². The van der Waals surface area contributed by atoms with Crippen LogP contribution in [-0.2, 0) is 9.59 Å². The minimum atomic E-state index is -0.818. The van der Waals surface area contributed by atoms with Crippen molar-refractivity contribution in [1.29, 1.82) is 0 Å². The minimum Gasteiger partial charge on any atom is -0.318 e. The highest BCUT2D eigenvalue weighted by atomic mass is 16.2. The molecule has 2 aromatic rings. The van der Waals surface area contributed by atoms with Crippen LogP contribution in [0.15, 0.2) is 65.8 Å². The van der Waals surface area contributed by atoms with E-state index in [1.165, 1.54) is 6.21 Å². The Morgan fingerprint density at radius 3 is 2.10 bits per heavy atom. The third-order valence-electron chi connectivity index (χ3n) is 2.42. The van der Waals surface area contributed by atoms with Crippen molar-refractivity contribution in [3.05, 3.63) is 66.2 Å². The fourth-order valence-electron chi connectivity index (χ4n) is 1.46. The number of hydrogen-bond acceptors (Lipinski definition) is 3. The maximum atomic E-state index is 11.6. The van der Waals surface area contributed by atoms with E-state index in [9.17, 15) is 9.59 Å². The molecule has 20 heavy (non-hydrogen) atoms. The number of rotatable bonds is 3. The summed E-state index contributed by atoms with van der Waals surface area (Å²) in [4.78, 5) is 23.1. The molecule has 2 aromatic carbocycles. The zero-order valence-electron chi connectivity index (χ0n) is 10.6. The molecule has 2 amide bonds. The molecule has 2 rings (SSSR count). The minimum absolute atomic E-state index is 0.555. The van der Waals surface area contributed by atoms with Crippen molar-refractivity contribution in [2.45, 2.75) is 0 Å². The van der Waals surface area contributed by atoms with Gasteiger partial charge < -0.3 is 5.32 Å². The molecule has 0 radical (unpaired) electrons. The molecule has 0 aliphatic heterocycles. The first-order chi connectivity index (χ1) is 9.75. The summed E-state index contributed by atoms with van der Waals surface area (Å²) in [5.41, 5.74) is 3.55. The Balaban J connectivity index is 1.86. The molecule has 0 spiro atoms. The third kappa shape index (κ3) is 4.06. The van der Waals surface area contributed by atoms with Gasteiger partial charge in [0.05, 0.1) is 6.21 Å². The maximum Gasteiger partial charge on any atom is 0.329 e. The van der Waals surface area contributed by atoms with Gasteiger partial charge in [0, 0.05) is 5.69 Å². The molecule has 2 N–H and O–H groups in total. The number of hydrazone groups is 1. The average Bonchev–Trinajstić information content (AvgIpc) is 2.49. The molecule has 0 unspecified atom stereocenters. The van der Waals surface area contributed by atoms with Gasteiger partial charge in [0.2, 0.25) is 0 Å². The molecule has 0 saturated heterocycles. The van der Waals surface area contributed by atoms with Crippen LogP contribution in [-0.4, -0.2) is 18.0 Å². The van der Waals surface area contributed by atoms with Crippen LogP contribution in [0.5, 0.6) is 0 Å². The van der Waals surface area contributed by atoms with Crippen LogP contribution in [0.2, 0.25) is 0 Å². The fourth-order valence-corrected chi connectivity index (χ4v) is 1.46. The highest BCUT2D eigenvalue weighted by Crippen LogP contribution is 2.04. The van der Waals surface area contributed by atoms with Crippen molar-refractivity contribution < 1.29 is 9.59 Å². The predicted octanol–water partition coefficient (Wildman–Crippen LogP) is 1.78. The SMILES string of the molecule is O=C(N/N=C\c1ccccc1)C(=O)Nc1ccccc1. The summed E-state index contributed by atoms with van der Waals surface area (Å²) in [6.45, 7) is 0. The van der Waals surface area contributed by atoms with Crippen LogP contribution < -0.4 is 10.7 Å². The predicted molar refractivity (Wildman–Crippen MR) is 77.3 cm³/mol. The molecule has 0 bridgehead atoms. The first kappa shape index (κ1) is 13.5. The van der Waals surface area contributed by atoms with Crippen LogP contribution in [0.4, 0.5) is 5.69 Å². The van der Waals surface area contributed by atoms with Gasteiger partial charge in [-0.15, -0.1) is 0 Å². The molecular formula is C15H13N3O2. The van der Waals surface area contributed by atoms with E-state index in [-0.39, 0.29) is 0 Å². The second kappa shape index (κ2) is 6.84. The number of nitrogens with zero attached hydrogens (tertiary/aromatic N) is 1. The number of para-hydroxylation sites is 1. The van der Waals surface area contributed by atoms with E-state index in [0.29, 0.717) is 5.69 Å². The number of amides is 2. The zero-order valence-corrected chi connectivity index (χ0v) is 10.6. The third-order valence-corrected chi connectivity index (χ3v) is 2.42. The summed E-state index contributed by atoms with van der Waals surface area (Å²) < 4.78 is 0. The molecule has 0 aromatic heterocycles. The van der Waals surface area contributed by atoms with Gasteiger partial charge in [-0.05, 0) is 17.7 Å². The Labute approximate surface area is 116 Å². The number of nitrogens with one attached hydrogen (secondary N) is 2. The zero-order chi connectivity index (χ0) is 14.2. The highest BCUT2D eigenvalue weighted by molar-refractivity contribution is 6.39. The summed E-state index contributed by atoms with van der Waals surface area (Å²) >= 11 is 0. The van der Waals surface area contributed by atoms with E-state index in [1.807, 2.05) is 36.4 Å². The first-order valence-electron chi connectivity index (χ1n) is 6.00. The number of benzene rings is 2. The van der Waals surface area contributed by atoms with Crippen LogP contribution in [0.25, 0.3) is 0 Å². The summed E-state index contributed by atoms with van der Waals surface area (Å²) in [7, 11) is 0. The van der Waals surface area contributed by atoms with Gasteiger partial charge in [-0.3, -0.25) is 9.59 Å². The molecule has 0 atom stereocenters. The lowest BCUT2D eigenvalue weighted by Crippen LogP contribution is -2.32. The fraction of sp³-hybridized carbons (Fsp3) is 0. The van der Waals surface area contributed by atoms with Crippen molar-refractivity contribution in [2.75, 3.05) is 5.32 Å². The monoisotopic (exact) mass is 267 g/mol. The lowest BCUT2D eigenvalue weighted by atomic mass is 10.2. The Bertz CT molecular complexity index is 610. The molecule has 100 valence electrons. The molecule has 0 saturated carbocycles. The summed E-state index contributed by atoms with van der Waals surface area (Å²) in [6, 6.07) is 18.0. The molecule has 0 fully saturated rings. The highest BCUT2D eigenvalue weighted by Gasteiger charge is 2.12. The smallest absolute Gasteiger partial charge is 0.318 e. The van der Waals surface area contributed by atoms with Crippen molar-refractivity contribution in [2.24, 2.45) is 5.10 Å². The van der Waals surface area contributed by atoms with Crippen LogP contribution in [0.3, 0.4) is 0 Å². The second-order valence-electron chi connectivity index (χ2n) is 3.93. The van der Waals surface area contributed by atoms with Gasteiger partial charge in [0.15, 0.2) is 0 Å². The first-order valence-corrected chi connectivity index (χ1v) is 6.00. The Morgan fingerprint density at radius 2 is 1.45 bits per heavy atom. The second-order valence-corrected chi connectivity index (χ2v) is 3.93. The van der Waals surface area contributed by atoms with Crippen molar-refractivity contribution in [3.8, 4) is 0 Å². The molecule has 0 aliphatic carbocycles.